The third-order valence-electron chi connectivity index (χ3n) is 2.19. The first-order valence-corrected chi connectivity index (χ1v) is 3.86. The molecule has 0 aliphatic heterocycles. The van der Waals surface area contributed by atoms with E-state index in [2.05, 4.69) is 0 Å². The van der Waals surface area contributed by atoms with Gasteiger partial charge in [0.15, 0.2) is 5.60 Å². The summed E-state index contributed by atoms with van der Waals surface area (Å²) in [6.45, 7) is 1.65. The molecule has 0 saturated heterocycles. The van der Waals surface area contributed by atoms with E-state index in [1.165, 1.54) is 13.2 Å². The van der Waals surface area contributed by atoms with Crippen LogP contribution < -0.4 is 5.73 Å². The van der Waals surface area contributed by atoms with Gasteiger partial charge in [0.25, 0.3) is 5.70 Å². The molecule has 0 aromatic carbocycles. The fourth-order valence-corrected chi connectivity index (χ4v) is 1.33. The average Bonchev–Trinajstić information content (AvgIpc) is 2.03. The summed E-state index contributed by atoms with van der Waals surface area (Å²) < 4.78 is 5.09. The van der Waals surface area contributed by atoms with Crippen LogP contribution in [0.3, 0.4) is 0 Å². The maximum absolute atomic E-state index is 10.6. The van der Waals surface area contributed by atoms with Crippen molar-refractivity contribution in [1.82, 2.24) is 0 Å². The van der Waals surface area contributed by atoms with Crippen LogP contribution in [-0.4, -0.2) is 17.6 Å². The van der Waals surface area contributed by atoms with Crippen molar-refractivity contribution in [3.8, 4) is 0 Å². The van der Waals surface area contributed by atoms with Crippen molar-refractivity contribution in [1.29, 1.82) is 0 Å². The number of hydrogen-bond donors (Lipinski definition) is 1. The Morgan fingerprint density at radius 3 is 2.77 bits per heavy atom. The monoisotopic (exact) mass is 184 g/mol. The van der Waals surface area contributed by atoms with Crippen LogP contribution in [0.2, 0.25) is 0 Å². The molecule has 0 bridgehead atoms. The van der Waals surface area contributed by atoms with Gasteiger partial charge in [-0.3, -0.25) is 10.1 Å². The summed E-state index contributed by atoms with van der Waals surface area (Å²) in [5.41, 5.74) is 5.30. The summed E-state index contributed by atoms with van der Waals surface area (Å²) in [6.07, 6.45) is 3.29. The highest BCUT2D eigenvalue weighted by atomic mass is 16.6. The van der Waals surface area contributed by atoms with Crippen molar-refractivity contribution < 1.29 is 9.66 Å². The van der Waals surface area contributed by atoms with Crippen LogP contribution in [0.25, 0.3) is 0 Å². The smallest absolute Gasteiger partial charge is 0.277 e. The van der Waals surface area contributed by atoms with Crippen molar-refractivity contribution in [2.24, 2.45) is 5.73 Å². The van der Waals surface area contributed by atoms with Gasteiger partial charge in [-0.05, 0) is 13.0 Å². The topological polar surface area (TPSA) is 78.4 Å². The van der Waals surface area contributed by atoms with Crippen molar-refractivity contribution >= 4 is 0 Å². The molecule has 1 aliphatic carbocycles. The van der Waals surface area contributed by atoms with Gasteiger partial charge in [-0.1, -0.05) is 0 Å². The lowest BCUT2D eigenvalue weighted by atomic mass is 9.91. The Morgan fingerprint density at radius 2 is 2.31 bits per heavy atom. The molecule has 0 heterocycles. The number of allylic oxidation sites excluding steroid dienone is 2. The number of hydrogen-bond acceptors (Lipinski definition) is 4. The predicted octanol–water partition coefficient (Wildman–Crippen LogP) is 0.798. The molecule has 0 aromatic rings. The lowest BCUT2D eigenvalue weighted by molar-refractivity contribution is -0.444. The van der Waals surface area contributed by atoms with E-state index in [1.807, 2.05) is 0 Å². The summed E-state index contributed by atoms with van der Waals surface area (Å²) in [5, 5.41) is 10.6. The number of methoxy groups -OCH3 is 1. The van der Waals surface area contributed by atoms with Crippen LogP contribution in [0.15, 0.2) is 23.5 Å². The van der Waals surface area contributed by atoms with Crippen molar-refractivity contribution in [2.75, 3.05) is 7.11 Å². The van der Waals surface area contributed by atoms with Crippen LogP contribution in [0, 0.1) is 10.1 Å². The molecule has 0 spiro atoms. The maximum atomic E-state index is 10.6. The Balaban J connectivity index is 3.07. The Hall–Kier alpha value is -1.36. The normalized spacial score (nSPS) is 27.8. The van der Waals surface area contributed by atoms with Gasteiger partial charge >= 0.3 is 0 Å². The van der Waals surface area contributed by atoms with Gasteiger partial charge in [0, 0.05) is 25.3 Å². The van der Waals surface area contributed by atoms with Gasteiger partial charge in [-0.2, -0.15) is 0 Å². The molecular weight excluding hydrogens is 172 g/mol. The second-order valence-corrected chi connectivity index (χ2v) is 3.16. The zero-order valence-electron chi connectivity index (χ0n) is 7.61. The molecule has 1 atom stereocenters. The quantitative estimate of drug-likeness (QED) is 0.508. The largest absolute Gasteiger partial charge is 0.402 e. The van der Waals surface area contributed by atoms with Gasteiger partial charge in [-0.15, -0.1) is 0 Å². The fraction of sp³-hybridized carbons (Fsp3) is 0.500. The first-order valence-electron chi connectivity index (χ1n) is 3.86. The van der Waals surface area contributed by atoms with Gasteiger partial charge in [0.2, 0.25) is 0 Å². The second kappa shape index (κ2) is 3.18. The van der Waals surface area contributed by atoms with Crippen molar-refractivity contribution in [3.63, 3.8) is 0 Å². The number of ether oxygens (including phenoxy) is 1. The molecule has 5 heteroatoms. The summed E-state index contributed by atoms with van der Waals surface area (Å²) in [5.74, 6) is 0. The average molecular weight is 184 g/mol. The van der Waals surface area contributed by atoms with E-state index in [1.54, 1.807) is 13.0 Å². The number of rotatable bonds is 2. The number of nitrogens with two attached hydrogens (primary N) is 1. The summed E-state index contributed by atoms with van der Waals surface area (Å²) in [4.78, 5) is 10.2. The van der Waals surface area contributed by atoms with E-state index in [9.17, 15) is 10.1 Å². The zero-order valence-corrected chi connectivity index (χ0v) is 7.61. The number of nitrogens with zero attached hydrogens (tertiary/aromatic N) is 1. The summed E-state index contributed by atoms with van der Waals surface area (Å²) in [6, 6.07) is 0. The Labute approximate surface area is 76.0 Å². The minimum Gasteiger partial charge on any atom is -0.402 e. The minimum atomic E-state index is -0.900. The Morgan fingerprint density at radius 1 is 1.69 bits per heavy atom. The van der Waals surface area contributed by atoms with Crippen LogP contribution in [0.5, 0.6) is 0 Å². The molecule has 1 unspecified atom stereocenters. The molecule has 0 radical (unpaired) electrons. The van der Waals surface area contributed by atoms with Gasteiger partial charge in [-0.25, -0.2) is 0 Å². The van der Waals surface area contributed by atoms with Crippen LogP contribution >= 0.6 is 0 Å². The lowest BCUT2D eigenvalue weighted by Crippen LogP contribution is -2.36. The summed E-state index contributed by atoms with van der Waals surface area (Å²) in [7, 11) is 1.44. The first-order chi connectivity index (χ1) is 5.99. The molecule has 0 aromatic heterocycles. The Kier molecular flexibility index (Phi) is 2.38. The van der Waals surface area contributed by atoms with Crippen molar-refractivity contribution in [3.05, 3.63) is 33.7 Å². The predicted molar refractivity (Wildman–Crippen MR) is 47.4 cm³/mol. The molecule has 1 aliphatic rings. The SMILES string of the molecule is COC1(C)CC(N)=CC=C1[N+](=O)[O-]. The van der Waals surface area contributed by atoms with Gasteiger partial charge in [0.05, 0.1) is 4.92 Å². The number of nitro groups is 1. The highest BCUT2D eigenvalue weighted by Gasteiger charge is 2.40. The molecule has 0 amide bonds. The van der Waals surface area contributed by atoms with E-state index in [-0.39, 0.29) is 5.70 Å². The van der Waals surface area contributed by atoms with E-state index in [0.29, 0.717) is 12.1 Å². The first kappa shape index (κ1) is 9.73. The molecule has 0 fully saturated rings. The van der Waals surface area contributed by atoms with Crippen molar-refractivity contribution in [2.45, 2.75) is 18.9 Å². The lowest BCUT2D eigenvalue weighted by Gasteiger charge is -2.27. The van der Waals surface area contributed by atoms with E-state index in [4.69, 9.17) is 10.5 Å². The molecule has 5 nitrogen and oxygen atoms in total. The van der Waals surface area contributed by atoms with E-state index in [0.717, 1.165) is 0 Å². The molecular formula is C8H12N2O3. The minimum absolute atomic E-state index is 0.0456. The van der Waals surface area contributed by atoms with E-state index >= 15 is 0 Å². The fourth-order valence-electron chi connectivity index (χ4n) is 1.33. The highest BCUT2D eigenvalue weighted by Crippen LogP contribution is 2.30. The van der Waals surface area contributed by atoms with Crippen LogP contribution in [0.1, 0.15) is 13.3 Å². The molecule has 72 valence electrons. The molecule has 13 heavy (non-hydrogen) atoms. The Bertz CT molecular complexity index is 296. The molecule has 0 saturated carbocycles. The van der Waals surface area contributed by atoms with Crippen LogP contribution in [0.4, 0.5) is 0 Å². The third-order valence-corrected chi connectivity index (χ3v) is 2.19. The van der Waals surface area contributed by atoms with E-state index < -0.39 is 10.5 Å². The molecule has 2 N–H and O–H groups in total. The maximum Gasteiger partial charge on any atom is 0.277 e. The second-order valence-electron chi connectivity index (χ2n) is 3.16. The third kappa shape index (κ3) is 1.70. The van der Waals surface area contributed by atoms with Gasteiger partial charge < -0.3 is 10.5 Å². The standard InChI is InChI=1S/C8H12N2O3/c1-8(13-2)5-6(9)3-4-7(8)10(11)12/h3-4H,5,9H2,1-2H3. The van der Waals surface area contributed by atoms with Crippen LogP contribution in [-0.2, 0) is 4.74 Å². The highest BCUT2D eigenvalue weighted by molar-refractivity contribution is 5.26. The zero-order chi connectivity index (χ0) is 10.1. The van der Waals surface area contributed by atoms with Gasteiger partial charge in [0.1, 0.15) is 0 Å². The molecule has 1 rings (SSSR count). The summed E-state index contributed by atoms with van der Waals surface area (Å²) >= 11 is 0.